The number of hydrogen-bond donors (Lipinski definition) is 4. The third-order valence-electron chi connectivity index (χ3n) is 7.22. The van der Waals surface area contributed by atoms with Gasteiger partial charge in [0.1, 0.15) is 5.82 Å². The molecule has 36 heavy (non-hydrogen) atoms. The van der Waals surface area contributed by atoms with E-state index in [4.69, 9.17) is 5.41 Å². The fourth-order valence-electron chi connectivity index (χ4n) is 5.14. The highest BCUT2D eigenvalue weighted by molar-refractivity contribution is 5.91. The summed E-state index contributed by atoms with van der Waals surface area (Å²) in [4.78, 5) is 29.1. The van der Waals surface area contributed by atoms with E-state index in [1.807, 2.05) is 24.3 Å². The molecule has 2 aliphatic rings. The molecule has 0 aliphatic carbocycles. The number of nitrogens with one attached hydrogen (secondary N) is 2. The van der Waals surface area contributed by atoms with Crippen molar-refractivity contribution >= 4 is 23.7 Å². The number of nitrogens with zero attached hydrogens (tertiary/aromatic N) is 2. The number of carbonyl (C=O) groups is 2. The Morgan fingerprint density at radius 1 is 1.03 bits per heavy atom. The SMILES string of the molecule is N=Cc1ccccc1N1CCC(CNC(=O)[C@H](O)[C@@H](O)C(=O)N2CCCC2c2ccc(F)cc2)CC1. The number of likely N-dealkylation sites (tertiary alicyclic amines) is 1. The smallest absolute Gasteiger partial charge is 0.255 e. The zero-order chi connectivity index (χ0) is 25.7. The van der Waals surface area contributed by atoms with Gasteiger partial charge < -0.3 is 30.7 Å². The monoisotopic (exact) mass is 496 g/mol. The molecule has 8 nitrogen and oxygen atoms in total. The van der Waals surface area contributed by atoms with E-state index in [-0.39, 0.29) is 17.8 Å². The molecular formula is C27H33FN4O4. The van der Waals surface area contributed by atoms with Crippen LogP contribution in [0.15, 0.2) is 48.5 Å². The molecule has 4 N–H and O–H groups in total. The molecule has 0 radical (unpaired) electrons. The van der Waals surface area contributed by atoms with Gasteiger partial charge in [-0.25, -0.2) is 4.39 Å². The highest BCUT2D eigenvalue weighted by Crippen LogP contribution is 2.32. The number of rotatable bonds is 8. The Kier molecular flexibility index (Phi) is 8.32. The van der Waals surface area contributed by atoms with Crippen LogP contribution in [0.1, 0.15) is 42.9 Å². The van der Waals surface area contributed by atoms with E-state index in [1.54, 1.807) is 12.1 Å². The van der Waals surface area contributed by atoms with E-state index >= 15 is 0 Å². The van der Waals surface area contributed by atoms with E-state index in [9.17, 15) is 24.2 Å². The second kappa shape index (κ2) is 11.6. The van der Waals surface area contributed by atoms with Crippen molar-refractivity contribution in [1.82, 2.24) is 10.2 Å². The standard InChI is InChI=1S/C27H33FN4O4/c28-21-9-7-19(8-10-21)23-6-3-13-32(23)27(36)25(34)24(33)26(35)30-17-18-11-14-31(15-12-18)22-5-2-1-4-20(22)16-29/h1-2,4-5,7-10,16,18,23-25,29,33-34H,3,6,11-15,17H2,(H,30,35)/t23?,24-,25-/m1/s1. The van der Waals surface area contributed by atoms with E-state index in [0.717, 1.165) is 42.7 Å². The number of benzene rings is 2. The van der Waals surface area contributed by atoms with Crippen LogP contribution in [0, 0.1) is 17.1 Å². The second-order valence-corrected chi connectivity index (χ2v) is 9.51. The van der Waals surface area contributed by atoms with Crippen molar-refractivity contribution < 1.29 is 24.2 Å². The van der Waals surface area contributed by atoms with Crippen LogP contribution >= 0.6 is 0 Å². The molecule has 1 unspecified atom stereocenters. The van der Waals surface area contributed by atoms with E-state index < -0.39 is 24.0 Å². The number of hydrogen-bond acceptors (Lipinski definition) is 6. The van der Waals surface area contributed by atoms with Crippen LogP contribution in [0.2, 0.25) is 0 Å². The number of para-hydroxylation sites is 1. The van der Waals surface area contributed by atoms with Crippen LogP contribution in [-0.4, -0.2) is 71.5 Å². The lowest BCUT2D eigenvalue weighted by atomic mass is 9.95. The molecular weight excluding hydrogens is 463 g/mol. The Hall–Kier alpha value is -3.30. The van der Waals surface area contributed by atoms with Crippen molar-refractivity contribution in [2.24, 2.45) is 5.92 Å². The van der Waals surface area contributed by atoms with Crippen molar-refractivity contribution in [2.45, 2.75) is 43.9 Å². The van der Waals surface area contributed by atoms with Crippen LogP contribution in [0.5, 0.6) is 0 Å². The summed E-state index contributed by atoms with van der Waals surface area (Å²) in [6.45, 7) is 2.31. The predicted molar refractivity (Wildman–Crippen MR) is 134 cm³/mol. The number of halogens is 1. The van der Waals surface area contributed by atoms with Crippen LogP contribution in [-0.2, 0) is 9.59 Å². The van der Waals surface area contributed by atoms with E-state index in [2.05, 4.69) is 10.2 Å². The molecule has 2 aliphatic heterocycles. The summed E-state index contributed by atoms with van der Waals surface area (Å²) < 4.78 is 13.3. The van der Waals surface area contributed by atoms with Gasteiger partial charge in [-0.3, -0.25) is 9.59 Å². The summed E-state index contributed by atoms with van der Waals surface area (Å²) in [5, 5.41) is 31.2. The van der Waals surface area contributed by atoms with Crippen molar-refractivity contribution in [3.63, 3.8) is 0 Å². The first-order chi connectivity index (χ1) is 17.4. The number of amides is 2. The van der Waals surface area contributed by atoms with Gasteiger partial charge in [0.2, 0.25) is 0 Å². The maximum Gasteiger partial charge on any atom is 0.255 e. The zero-order valence-electron chi connectivity index (χ0n) is 20.1. The lowest BCUT2D eigenvalue weighted by Crippen LogP contribution is -2.51. The van der Waals surface area contributed by atoms with Crippen molar-refractivity contribution in [2.75, 3.05) is 31.1 Å². The largest absolute Gasteiger partial charge is 0.380 e. The highest BCUT2D eigenvalue weighted by Gasteiger charge is 2.38. The third-order valence-corrected chi connectivity index (χ3v) is 7.22. The zero-order valence-corrected chi connectivity index (χ0v) is 20.1. The quantitative estimate of drug-likeness (QED) is 0.418. The van der Waals surface area contributed by atoms with Gasteiger partial charge in [-0.1, -0.05) is 30.3 Å². The summed E-state index contributed by atoms with van der Waals surface area (Å²) in [5.41, 5.74) is 2.64. The van der Waals surface area contributed by atoms with Crippen LogP contribution in [0.25, 0.3) is 0 Å². The second-order valence-electron chi connectivity index (χ2n) is 9.51. The fraction of sp³-hybridized carbons (Fsp3) is 0.444. The Balaban J connectivity index is 1.27. The molecule has 2 aromatic rings. The van der Waals surface area contributed by atoms with Crippen LogP contribution in [0.4, 0.5) is 10.1 Å². The summed E-state index contributed by atoms with van der Waals surface area (Å²) >= 11 is 0. The number of carbonyl (C=O) groups excluding carboxylic acids is 2. The van der Waals surface area contributed by atoms with Crippen molar-refractivity contribution in [3.05, 3.63) is 65.5 Å². The molecule has 9 heteroatoms. The molecule has 0 aromatic heterocycles. The molecule has 3 atom stereocenters. The minimum absolute atomic E-state index is 0.207. The molecule has 2 heterocycles. The predicted octanol–water partition coefficient (Wildman–Crippen LogP) is 2.24. The first-order valence-corrected chi connectivity index (χ1v) is 12.4. The molecule has 0 bridgehead atoms. The first kappa shape index (κ1) is 25.8. The van der Waals surface area contributed by atoms with Gasteiger partial charge in [-0.05, 0) is 55.4 Å². The maximum absolute atomic E-state index is 13.3. The van der Waals surface area contributed by atoms with Gasteiger partial charge in [0.25, 0.3) is 11.8 Å². The van der Waals surface area contributed by atoms with E-state index in [0.29, 0.717) is 25.9 Å². The van der Waals surface area contributed by atoms with Gasteiger partial charge in [0.05, 0.1) is 6.04 Å². The molecule has 4 rings (SSSR count). The topological polar surface area (TPSA) is 117 Å². The molecule has 0 spiro atoms. The average Bonchev–Trinajstić information content (AvgIpc) is 3.41. The van der Waals surface area contributed by atoms with Gasteiger partial charge in [0, 0.05) is 43.6 Å². The lowest BCUT2D eigenvalue weighted by Gasteiger charge is -2.34. The Bertz CT molecular complexity index is 1070. The highest BCUT2D eigenvalue weighted by atomic mass is 19.1. The maximum atomic E-state index is 13.3. The molecule has 2 aromatic carbocycles. The summed E-state index contributed by atoms with van der Waals surface area (Å²) in [5.74, 6) is -1.64. The average molecular weight is 497 g/mol. The number of anilines is 1. The van der Waals surface area contributed by atoms with Gasteiger partial charge in [-0.2, -0.15) is 0 Å². The Labute approximate surface area is 210 Å². The Morgan fingerprint density at radius 3 is 2.42 bits per heavy atom. The minimum Gasteiger partial charge on any atom is -0.380 e. The molecule has 192 valence electrons. The number of aliphatic hydroxyl groups excluding tert-OH is 2. The third kappa shape index (κ3) is 5.74. The summed E-state index contributed by atoms with van der Waals surface area (Å²) in [6.07, 6.45) is 0.646. The fourth-order valence-corrected chi connectivity index (χ4v) is 5.14. The molecule has 2 amide bonds. The minimum atomic E-state index is -1.87. The van der Waals surface area contributed by atoms with Crippen molar-refractivity contribution in [3.8, 4) is 0 Å². The van der Waals surface area contributed by atoms with Crippen LogP contribution in [0.3, 0.4) is 0 Å². The van der Waals surface area contributed by atoms with E-state index in [1.165, 1.54) is 23.2 Å². The number of aliphatic hydroxyl groups is 2. The molecule has 2 saturated heterocycles. The van der Waals surface area contributed by atoms with Crippen molar-refractivity contribution in [1.29, 1.82) is 5.41 Å². The normalized spacial score (nSPS) is 20.1. The van der Waals surface area contributed by atoms with Crippen LogP contribution < -0.4 is 10.2 Å². The lowest BCUT2D eigenvalue weighted by molar-refractivity contribution is -0.153. The Morgan fingerprint density at radius 2 is 1.72 bits per heavy atom. The van der Waals surface area contributed by atoms with Gasteiger partial charge in [0.15, 0.2) is 12.2 Å². The first-order valence-electron chi connectivity index (χ1n) is 12.4. The van der Waals surface area contributed by atoms with Gasteiger partial charge in [-0.15, -0.1) is 0 Å². The molecule has 0 saturated carbocycles. The summed E-state index contributed by atoms with van der Waals surface area (Å²) in [7, 11) is 0. The summed E-state index contributed by atoms with van der Waals surface area (Å²) in [6, 6.07) is 13.3. The molecule has 2 fully saturated rings. The van der Waals surface area contributed by atoms with Gasteiger partial charge >= 0.3 is 0 Å². The number of piperidine rings is 1.